The fourth-order valence-corrected chi connectivity index (χ4v) is 3.59. The fraction of sp³-hybridized carbons (Fsp3) is 0.667. The third kappa shape index (κ3) is 17.6. The summed E-state index contributed by atoms with van der Waals surface area (Å²) in [5.74, 6) is -15.1. The molecule has 48 heavy (non-hydrogen) atoms. The topological polar surface area (TPSA) is 219 Å². The van der Waals surface area contributed by atoms with E-state index in [9.17, 15) is 36.3 Å². The molecule has 1 aromatic carbocycles. The van der Waals surface area contributed by atoms with Gasteiger partial charge < -0.3 is 34.3 Å². The van der Waals surface area contributed by atoms with E-state index in [0.29, 0.717) is 25.7 Å². The second-order valence-corrected chi connectivity index (χ2v) is 9.49. The van der Waals surface area contributed by atoms with Gasteiger partial charge in [-0.3, -0.25) is 14.4 Å². The molecule has 21 heteroatoms. The first-order valence-electron chi connectivity index (χ1n) is 14.8. The average molecular weight is 697 g/mol. The molecule has 0 heterocycles. The lowest BCUT2D eigenvalue weighted by Crippen LogP contribution is -2.47. The fourth-order valence-electron chi connectivity index (χ4n) is 3.59. The number of azide groups is 2. The van der Waals surface area contributed by atoms with Crippen LogP contribution in [0.1, 0.15) is 38.5 Å². The van der Waals surface area contributed by atoms with Gasteiger partial charge in [-0.25, -0.2) is 13.2 Å². The first-order valence-corrected chi connectivity index (χ1v) is 14.8. The van der Waals surface area contributed by atoms with Crippen LogP contribution >= 0.6 is 0 Å². The molecule has 0 radical (unpaired) electrons. The molecule has 0 aliphatic heterocycles. The Morgan fingerprint density at radius 1 is 0.667 bits per heavy atom. The molecule has 1 rings (SSSR count). The van der Waals surface area contributed by atoms with Crippen LogP contribution in [0.3, 0.4) is 0 Å². The van der Waals surface area contributed by atoms with Crippen molar-refractivity contribution in [2.75, 3.05) is 72.5 Å². The summed E-state index contributed by atoms with van der Waals surface area (Å²) in [5.41, 5.74) is 16.7. The van der Waals surface area contributed by atoms with E-state index in [-0.39, 0.29) is 84.8 Å². The summed E-state index contributed by atoms with van der Waals surface area (Å²) in [6.07, 6.45) is 1.33. The summed E-state index contributed by atoms with van der Waals surface area (Å²) in [7, 11) is 0. The number of hydrogen-bond acceptors (Lipinski definition) is 10. The van der Waals surface area contributed by atoms with Gasteiger partial charge in [0.15, 0.2) is 0 Å². The Bertz CT molecular complexity index is 1240. The molecule has 0 unspecified atom stereocenters. The van der Waals surface area contributed by atoms with E-state index in [0.717, 1.165) is 0 Å². The number of rotatable bonds is 27. The van der Waals surface area contributed by atoms with Crippen LogP contribution in [0.5, 0.6) is 5.75 Å². The minimum absolute atomic E-state index is 0.0301. The molecule has 0 aliphatic carbocycles. The number of amides is 2. The first-order chi connectivity index (χ1) is 23.1. The summed E-state index contributed by atoms with van der Waals surface area (Å²) in [6.45, 7) is 1.55. The highest BCUT2D eigenvalue weighted by molar-refractivity contribution is 5.87. The minimum Gasteiger partial charge on any atom is -0.420 e. The van der Waals surface area contributed by atoms with E-state index in [1.807, 2.05) is 0 Å². The van der Waals surface area contributed by atoms with Crippen LogP contribution in [0.2, 0.25) is 0 Å². The molecule has 1 atom stereocenters. The lowest BCUT2D eigenvalue weighted by molar-refractivity contribution is -0.136. The van der Waals surface area contributed by atoms with E-state index in [1.165, 1.54) is 0 Å². The number of carbonyl (C=O) groups excluding carboxylic acids is 3. The van der Waals surface area contributed by atoms with Gasteiger partial charge in [0.25, 0.3) is 0 Å². The lowest BCUT2D eigenvalue weighted by atomic mass is 10.1. The van der Waals surface area contributed by atoms with Gasteiger partial charge in [0.1, 0.15) is 6.04 Å². The number of carbonyl (C=O) groups is 3. The number of esters is 1. The predicted octanol–water partition coefficient (Wildman–Crippen LogP) is 3.92. The Hall–Kier alpha value is -4.26. The molecule has 2 N–H and O–H groups in total. The van der Waals surface area contributed by atoms with Crippen molar-refractivity contribution in [2.45, 2.75) is 44.6 Å². The van der Waals surface area contributed by atoms with Crippen molar-refractivity contribution < 1.29 is 60.0 Å². The van der Waals surface area contributed by atoms with Crippen molar-refractivity contribution in [3.05, 3.63) is 50.0 Å². The largest absolute Gasteiger partial charge is 0.420 e. The van der Waals surface area contributed by atoms with Gasteiger partial charge in [-0.05, 0) is 30.3 Å². The molecule has 2 amide bonds. The van der Waals surface area contributed by atoms with E-state index in [2.05, 4.69) is 35.4 Å². The highest BCUT2D eigenvalue weighted by Crippen LogP contribution is 2.29. The maximum atomic E-state index is 13.5. The summed E-state index contributed by atoms with van der Waals surface area (Å²) < 4.78 is 91.8. The smallest absolute Gasteiger partial charge is 0.313 e. The van der Waals surface area contributed by atoms with E-state index < -0.39 is 59.2 Å². The van der Waals surface area contributed by atoms with Crippen LogP contribution < -0.4 is 15.4 Å². The maximum absolute atomic E-state index is 13.5. The van der Waals surface area contributed by atoms with Crippen molar-refractivity contribution >= 4 is 17.8 Å². The third-order valence-electron chi connectivity index (χ3n) is 5.94. The van der Waals surface area contributed by atoms with Crippen molar-refractivity contribution in [3.63, 3.8) is 0 Å². The second kappa shape index (κ2) is 25.8. The molecule has 0 spiro atoms. The molecule has 0 aromatic heterocycles. The SMILES string of the molecule is [N-]=[N+]=NCCCC[C@@H](NC(=O)CCCN=[N+]=[N-])C(=O)NCCOCCOCCOCCOCCC(=O)Oc1c(F)c(F)c(F)c(F)c1F. The molecule has 0 fully saturated rings. The van der Waals surface area contributed by atoms with Gasteiger partial charge in [-0.15, -0.1) is 0 Å². The molecule has 0 aliphatic rings. The highest BCUT2D eigenvalue weighted by atomic mass is 19.2. The zero-order valence-corrected chi connectivity index (χ0v) is 25.9. The number of unbranched alkanes of at least 4 members (excludes halogenated alkanes) is 1. The Labute approximate surface area is 271 Å². The summed E-state index contributed by atoms with van der Waals surface area (Å²) in [4.78, 5) is 41.7. The number of halogens is 5. The summed E-state index contributed by atoms with van der Waals surface area (Å²) in [6, 6.07) is -0.794. The van der Waals surface area contributed by atoms with Crippen molar-refractivity contribution in [1.29, 1.82) is 0 Å². The quantitative estimate of drug-likeness (QED) is 0.0158. The maximum Gasteiger partial charge on any atom is 0.313 e. The highest BCUT2D eigenvalue weighted by Gasteiger charge is 2.28. The van der Waals surface area contributed by atoms with Crippen LogP contribution in [0.25, 0.3) is 20.9 Å². The molecule has 268 valence electrons. The number of nitrogens with one attached hydrogen (secondary N) is 2. The minimum atomic E-state index is -2.37. The van der Waals surface area contributed by atoms with Gasteiger partial charge in [0.05, 0.1) is 59.3 Å². The Morgan fingerprint density at radius 2 is 1.17 bits per heavy atom. The summed E-state index contributed by atoms with van der Waals surface area (Å²) >= 11 is 0. The van der Waals surface area contributed by atoms with Gasteiger partial charge in [-0.1, -0.05) is 16.6 Å². The van der Waals surface area contributed by atoms with Gasteiger partial charge >= 0.3 is 5.97 Å². The molecule has 16 nitrogen and oxygen atoms in total. The number of ether oxygens (including phenoxy) is 5. The van der Waals surface area contributed by atoms with E-state index >= 15 is 0 Å². The van der Waals surface area contributed by atoms with Crippen LogP contribution in [-0.2, 0) is 33.3 Å². The average Bonchev–Trinajstić information content (AvgIpc) is 3.07. The van der Waals surface area contributed by atoms with E-state index in [1.54, 1.807) is 0 Å². The van der Waals surface area contributed by atoms with Gasteiger partial charge in [0.2, 0.25) is 46.6 Å². The second-order valence-electron chi connectivity index (χ2n) is 9.49. The first kappa shape index (κ1) is 41.8. The number of hydrogen-bond donors (Lipinski definition) is 2. The monoisotopic (exact) mass is 696 g/mol. The zero-order chi connectivity index (χ0) is 35.6. The molecule has 0 bridgehead atoms. The van der Waals surface area contributed by atoms with Crippen LogP contribution in [0.15, 0.2) is 10.2 Å². The number of nitrogens with zero attached hydrogens (tertiary/aromatic N) is 6. The molecule has 0 saturated carbocycles. The van der Waals surface area contributed by atoms with Crippen molar-refractivity contribution in [3.8, 4) is 5.75 Å². The molecule has 1 aromatic rings. The van der Waals surface area contributed by atoms with Crippen LogP contribution in [0.4, 0.5) is 22.0 Å². The van der Waals surface area contributed by atoms with Crippen LogP contribution in [0, 0.1) is 29.1 Å². The Morgan fingerprint density at radius 3 is 1.73 bits per heavy atom. The molecular weight excluding hydrogens is 659 g/mol. The zero-order valence-electron chi connectivity index (χ0n) is 25.9. The Balaban J connectivity index is 2.11. The normalized spacial score (nSPS) is 11.3. The van der Waals surface area contributed by atoms with Crippen molar-refractivity contribution in [1.82, 2.24) is 10.6 Å². The Kier molecular flexibility index (Phi) is 22.4. The number of benzene rings is 1. The van der Waals surface area contributed by atoms with Crippen LogP contribution in [-0.4, -0.2) is 96.3 Å². The third-order valence-corrected chi connectivity index (χ3v) is 5.94. The van der Waals surface area contributed by atoms with Gasteiger partial charge in [0, 0.05) is 35.9 Å². The van der Waals surface area contributed by atoms with Gasteiger partial charge in [-0.2, -0.15) is 8.78 Å². The lowest BCUT2D eigenvalue weighted by Gasteiger charge is -2.18. The molecular formula is C27H37F5N8O8. The summed E-state index contributed by atoms with van der Waals surface area (Å²) in [5, 5.41) is 12.1. The molecule has 0 saturated heterocycles. The van der Waals surface area contributed by atoms with Crippen molar-refractivity contribution in [2.24, 2.45) is 10.2 Å². The predicted molar refractivity (Wildman–Crippen MR) is 156 cm³/mol. The van der Waals surface area contributed by atoms with E-state index in [4.69, 9.17) is 30.0 Å². The standard InChI is InChI=1S/C27H37F5N8O8/c28-21-22(29)24(31)26(25(32)23(21)30)48-20(42)6-10-44-12-14-46-16-17-47-15-13-45-11-9-35-27(43)18(4-1-2-7-36-39-33)38-19(41)5-3-8-37-40-34/h18H,1-17H2,(H,35,43)(H,38,41)/t18-/m1/s1.